The van der Waals surface area contributed by atoms with Gasteiger partial charge in [-0.3, -0.25) is 0 Å². The Hall–Kier alpha value is -0.540. The van der Waals surface area contributed by atoms with E-state index in [0.29, 0.717) is 5.92 Å². The number of nitrogens with zero attached hydrogens (tertiary/aromatic N) is 2. The predicted octanol–water partition coefficient (Wildman–Crippen LogP) is 1.06. The van der Waals surface area contributed by atoms with Crippen LogP contribution in [-0.2, 0) is 13.0 Å². The van der Waals surface area contributed by atoms with Gasteiger partial charge in [0, 0.05) is 13.0 Å². The van der Waals surface area contributed by atoms with E-state index in [9.17, 15) is 0 Å². The molecule has 1 aliphatic heterocycles. The van der Waals surface area contributed by atoms with E-state index in [4.69, 9.17) is 17.3 Å². The molecule has 0 saturated heterocycles. The van der Waals surface area contributed by atoms with Gasteiger partial charge in [-0.05, 0) is 18.9 Å². The molecular formula is C8H12ClN3. The summed E-state index contributed by atoms with van der Waals surface area (Å²) in [6.07, 6.45) is 3.87. The van der Waals surface area contributed by atoms with Crippen molar-refractivity contribution in [2.24, 2.45) is 11.7 Å². The first-order valence-electron chi connectivity index (χ1n) is 4.21. The number of hydrogen-bond acceptors (Lipinski definition) is 2. The summed E-state index contributed by atoms with van der Waals surface area (Å²) in [7, 11) is 0. The van der Waals surface area contributed by atoms with E-state index in [-0.39, 0.29) is 0 Å². The second-order valence-corrected chi connectivity index (χ2v) is 3.64. The van der Waals surface area contributed by atoms with Crippen LogP contribution in [0.4, 0.5) is 0 Å². The van der Waals surface area contributed by atoms with Crippen LogP contribution in [0.3, 0.4) is 0 Å². The van der Waals surface area contributed by atoms with Crippen molar-refractivity contribution in [2.75, 3.05) is 6.54 Å². The highest BCUT2D eigenvalue weighted by Crippen LogP contribution is 2.22. The van der Waals surface area contributed by atoms with Gasteiger partial charge < -0.3 is 10.3 Å². The summed E-state index contributed by atoms with van der Waals surface area (Å²) in [4.78, 5) is 4.22. The molecule has 12 heavy (non-hydrogen) atoms. The molecule has 1 aliphatic rings. The SMILES string of the molecule is NCC1CCc2ncc(Cl)n2C1. The van der Waals surface area contributed by atoms with Gasteiger partial charge in [0.25, 0.3) is 0 Å². The highest BCUT2D eigenvalue weighted by atomic mass is 35.5. The van der Waals surface area contributed by atoms with Crippen LogP contribution in [-0.4, -0.2) is 16.1 Å². The van der Waals surface area contributed by atoms with Crippen LogP contribution in [0.1, 0.15) is 12.2 Å². The van der Waals surface area contributed by atoms with Crippen molar-refractivity contribution < 1.29 is 0 Å². The van der Waals surface area contributed by atoms with Crippen molar-refractivity contribution in [3.8, 4) is 0 Å². The van der Waals surface area contributed by atoms with E-state index in [0.717, 1.165) is 36.9 Å². The van der Waals surface area contributed by atoms with Gasteiger partial charge in [0.1, 0.15) is 11.0 Å². The molecule has 66 valence electrons. The molecule has 2 N–H and O–H groups in total. The summed E-state index contributed by atoms with van der Waals surface area (Å²) in [6, 6.07) is 0. The first-order chi connectivity index (χ1) is 5.81. The van der Waals surface area contributed by atoms with E-state index in [1.165, 1.54) is 0 Å². The smallest absolute Gasteiger partial charge is 0.128 e. The number of nitrogens with two attached hydrogens (primary N) is 1. The highest BCUT2D eigenvalue weighted by Gasteiger charge is 2.19. The summed E-state index contributed by atoms with van der Waals surface area (Å²) < 4.78 is 2.06. The third kappa shape index (κ3) is 1.23. The molecule has 0 aromatic carbocycles. The minimum atomic E-state index is 0.573. The van der Waals surface area contributed by atoms with Gasteiger partial charge in [-0.2, -0.15) is 0 Å². The maximum absolute atomic E-state index is 5.94. The molecule has 1 aromatic rings. The molecule has 0 fully saturated rings. The van der Waals surface area contributed by atoms with E-state index < -0.39 is 0 Å². The summed E-state index contributed by atoms with van der Waals surface area (Å²) in [5.41, 5.74) is 5.60. The molecule has 0 radical (unpaired) electrons. The first kappa shape index (κ1) is 8.08. The zero-order chi connectivity index (χ0) is 8.55. The maximum Gasteiger partial charge on any atom is 0.128 e. The fourth-order valence-electron chi connectivity index (χ4n) is 1.66. The summed E-state index contributed by atoms with van der Waals surface area (Å²) >= 11 is 5.94. The minimum absolute atomic E-state index is 0.573. The fraction of sp³-hybridized carbons (Fsp3) is 0.625. The highest BCUT2D eigenvalue weighted by molar-refractivity contribution is 6.29. The Labute approximate surface area is 76.5 Å². The molecule has 0 amide bonds. The second kappa shape index (κ2) is 3.07. The third-order valence-corrected chi connectivity index (χ3v) is 2.74. The van der Waals surface area contributed by atoms with Crippen LogP contribution >= 0.6 is 11.6 Å². The Balaban J connectivity index is 2.26. The number of imidazole rings is 1. The average molecular weight is 186 g/mol. The lowest BCUT2D eigenvalue weighted by Gasteiger charge is -2.22. The topological polar surface area (TPSA) is 43.8 Å². The van der Waals surface area contributed by atoms with Gasteiger partial charge in [0.15, 0.2) is 0 Å². The Morgan fingerprint density at radius 1 is 1.75 bits per heavy atom. The van der Waals surface area contributed by atoms with Crippen molar-refractivity contribution in [1.82, 2.24) is 9.55 Å². The van der Waals surface area contributed by atoms with Gasteiger partial charge in [0.05, 0.1) is 6.20 Å². The lowest BCUT2D eigenvalue weighted by molar-refractivity contribution is 0.374. The number of aromatic nitrogens is 2. The molecule has 2 rings (SSSR count). The zero-order valence-corrected chi connectivity index (χ0v) is 7.59. The molecule has 0 bridgehead atoms. The van der Waals surface area contributed by atoms with Crippen LogP contribution in [0.15, 0.2) is 6.20 Å². The first-order valence-corrected chi connectivity index (χ1v) is 4.59. The second-order valence-electron chi connectivity index (χ2n) is 3.25. The molecule has 2 heterocycles. The van der Waals surface area contributed by atoms with Gasteiger partial charge >= 0.3 is 0 Å². The molecule has 1 aromatic heterocycles. The standard InChI is InChI=1S/C8H12ClN3/c9-7-4-11-8-2-1-6(3-10)5-12(7)8/h4,6H,1-3,5,10H2. The zero-order valence-electron chi connectivity index (χ0n) is 6.83. The van der Waals surface area contributed by atoms with Crippen molar-refractivity contribution in [1.29, 1.82) is 0 Å². The molecule has 0 aliphatic carbocycles. The van der Waals surface area contributed by atoms with E-state index in [1.54, 1.807) is 6.20 Å². The van der Waals surface area contributed by atoms with Gasteiger partial charge in [0.2, 0.25) is 0 Å². The van der Waals surface area contributed by atoms with Crippen LogP contribution in [0.25, 0.3) is 0 Å². The molecule has 0 spiro atoms. The molecular weight excluding hydrogens is 174 g/mol. The molecule has 1 unspecified atom stereocenters. The normalized spacial score (nSPS) is 22.3. The van der Waals surface area contributed by atoms with E-state index in [1.807, 2.05) is 0 Å². The minimum Gasteiger partial charge on any atom is -0.330 e. The van der Waals surface area contributed by atoms with Gasteiger partial charge in [-0.15, -0.1) is 0 Å². The number of fused-ring (bicyclic) bond motifs is 1. The van der Waals surface area contributed by atoms with Crippen LogP contribution < -0.4 is 5.73 Å². The average Bonchev–Trinajstić information content (AvgIpc) is 2.47. The Morgan fingerprint density at radius 3 is 3.33 bits per heavy atom. The molecule has 4 heteroatoms. The van der Waals surface area contributed by atoms with Gasteiger partial charge in [-0.25, -0.2) is 4.98 Å². The third-order valence-electron chi connectivity index (χ3n) is 2.44. The number of aryl methyl sites for hydroxylation is 1. The van der Waals surface area contributed by atoms with Crippen LogP contribution in [0, 0.1) is 5.92 Å². The molecule has 1 atom stereocenters. The fourth-order valence-corrected chi connectivity index (χ4v) is 1.87. The molecule has 3 nitrogen and oxygen atoms in total. The predicted molar refractivity (Wildman–Crippen MR) is 48.1 cm³/mol. The Morgan fingerprint density at radius 2 is 2.58 bits per heavy atom. The van der Waals surface area contributed by atoms with Crippen molar-refractivity contribution in [2.45, 2.75) is 19.4 Å². The summed E-state index contributed by atoms with van der Waals surface area (Å²) in [5, 5.41) is 0.739. The van der Waals surface area contributed by atoms with E-state index >= 15 is 0 Å². The molecule has 0 saturated carbocycles. The Kier molecular flexibility index (Phi) is 2.07. The van der Waals surface area contributed by atoms with E-state index in [2.05, 4.69) is 9.55 Å². The van der Waals surface area contributed by atoms with Crippen molar-refractivity contribution in [3.05, 3.63) is 17.2 Å². The number of rotatable bonds is 1. The number of hydrogen-bond donors (Lipinski definition) is 1. The lowest BCUT2D eigenvalue weighted by Crippen LogP contribution is -2.26. The van der Waals surface area contributed by atoms with Crippen molar-refractivity contribution in [3.63, 3.8) is 0 Å². The summed E-state index contributed by atoms with van der Waals surface area (Å²) in [6.45, 7) is 1.68. The van der Waals surface area contributed by atoms with Crippen LogP contribution in [0.2, 0.25) is 5.15 Å². The van der Waals surface area contributed by atoms with Crippen LogP contribution in [0.5, 0.6) is 0 Å². The quantitative estimate of drug-likeness (QED) is 0.711. The lowest BCUT2D eigenvalue weighted by atomic mass is 10.00. The maximum atomic E-state index is 5.94. The Bertz CT molecular complexity index is 282. The van der Waals surface area contributed by atoms with Gasteiger partial charge in [-0.1, -0.05) is 11.6 Å². The summed E-state index contributed by atoms with van der Waals surface area (Å²) in [5.74, 6) is 1.67. The van der Waals surface area contributed by atoms with Crippen molar-refractivity contribution >= 4 is 11.6 Å². The monoisotopic (exact) mass is 185 g/mol. The largest absolute Gasteiger partial charge is 0.330 e. The number of halogens is 1.